The molecule has 0 aliphatic heterocycles. The second kappa shape index (κ2) is 14.0. The first-order valence-corrected chi connectivity index (χ1v) is 10.5. The molecule has 2 rings (SSSR count). The van der Waals surface area contributed by atoms with Crippen molar-refractivity contribution in [1.29, 1.82) is 0 Å². The first-order chi connectivity index (χ1) is 14.5. The number of hydrogen-bond donors (Lipinski definition) is 4. The highest BCUT2D eigenvalue weighted by molar-refractivity contribution is 6.30. The highest BCUT2D eigenvalue weighted by Crippen LogP contribution is 2.13. The molecule has 12 heteroatoms. The lowest BCUT2D eigenvalue weighted by molar-refractivity contribution is 0.102. The lowest BCUT2D eigenvalue weighted by Gasteiger charge is -2.08. The Hall–Kier alpha value is -2.14. The van der Waals surface area contributed by atoms with E-state index >= 15 is 0 Å². The van der Waals surface area contributed by atoms with Crippen molar-refractivity contribution in [1.82, 2.24) is 19.9 Å². The van der Waals surface area contributed by atoms with Crippen molar-refractivity contribution in [3.05, 3.63) is 22.4 Å². The van der Waals surface area contributed by atoms with Gasteiger partial charge in [-0.05, 0) is 25.7 Å². The van der Waals surface area contributed by atoms with Gasteiger partial charge in [0.05, 0.1) is 0 Å². The molecule has 0 fully saturated rings. The second-order valence-electron chi connectivity index (χ2n) is 6.36. The summed E-state index contributed by atoms with van der Waals surface area (Å²) in [5.74, 6) is 1.54. The molecule has 2 aromatic rings. The molecule has 2 aromatic heterocycles. The summed E-state index contributed by atoms with van der Waals surface area (Å²) in [5.41, 5.74) is 11.1. The normalized spacial score (nSPS) is 10.9. The number of nitrogens with zero attached hydrogens (tertiary/aromatic N) is 4. The van der Waals surface area contributed by atoms with Crippen molar-refractivity contribution in [3.8, 4) is 0 Å². The largest absolute Gasteiger partial charge is 0.381 e. The average molecular weight is 459 g/mol. The van der Waals surface area contributed by atoms with Gasteiger partial charge in [-0.15, -0.1) is 0 Å². The van der Waals surface area contributed by atoms with Gasteiger partial charge < -0.3 is 31.6 Å². The number of halogens is 2. The molecule has 0 atom stereocenters. The molecule has 0 saturated carbocycles. The van der Waals surface area contributed by atoms with Crippen LogP contribution >= 0.6 is 23.2 Å². The Balaban J connectivity index is 1.35. The van der Waals surface area contributed by atoms with Gasteiger partial charge in [0, 0.05) is 51.6 Å². The van der Waals surface area contributed by atoms with E-state index < -0.39 is 0 Å². The number of hydrogen-bond acceptors (Lipinski definition) is 10. The van der Waals surface area contributed by atoms with Crippen LogP contribution in [0.4, 0.5) is 23.5 Å². The third-order valence-electron chi connectivity index (χ3n) is 3.79. The Morgan fingerprint density at radius 2 is 1.07 bits per heavy atom. The van der Waals surface area contributed by atoms with Crippen LogP contribution in [0.5, 0.6) is 0 Å². The summed E-state index contributed by atoms with van der Waals surface area (Å²) in [7, 11) is 0. The smallest absolute Gasteiger partial charge is 0.223 e. The highest BCUT2D eigenvalue weighted by Gasteiger charge is 2.01. The van der Waals surface area contributed by atoms with Crippen molar-refractivity contribution in [3.63, 3.8) is 0 Å². The number of rotatable bonds is 15. The van der Waals surface area contributed by atoms with E-state index in [4.69, 9.17) is 44.1 Å². The fourth-order valence-electron chi connectivity index (χ4n) is 2.45. The molecule has 0 aromatic carbocycles. The molecule has 0 aliphatic carbocycles. The molecule has 2 heterocycles. The van der Waals surface area contributed by atoms with Gasteiger partial charge in [-0.2, -0.15) is 9.97 Å². The molecule has 10 nitrogen and oxygen atoms in total. The maximum atomic E-state index is 5.82. The maximum absolute atomic E-state index is 5.82. The van der Waals surface area contributed by atoms with E-state index in [0.717, 1.165) is 38.8 Å². The van der Waals surface area contributed by atoms with Gasteiger partial charge in [0.2, 0.25) is 11.9 Å². The number of anilines is 4. The first-order valence-electron chi connectivity index (χ1n) is 9.76. The van der Waals surface area contributed by atoms with E-state index in [0.29, 0.717) is 48.4 Å². The predicted octanol–water partition coefficient (Wildman–Crippen LogP) is 2.86. The summed E-state index contributed by atoms with van der Waals surface area (Å²) in [6.45, 7) is 4.21. The SMILES string of the molecule is Nc1nc(Cl)cc(NCCCOCCCCOCCCNc2cc(Cl)nc(N)n2)n1. The van der Waals surface area contributed by atoms with Crippen LogP contribution in [-0.2, 0) is 9.47 Å². The quantitative estimate of drug-likeness (QED) is 0.232. The number of aromatic nitrogens is 4. The zero-order valence-electron chi connectivity index (χ0n) is 16.7. The van der Waals surface area contributed by atoms with Crippen molar-refractivity contribution in [2.75, 3.05) is 61.6 Å². The number of nitrogens with one attached hydrogen (secondary N) is 2. The van der Waals surface area contributed by atoms with Crippen LogP contribution in [0.3, 0.4) is 0 Å². The number of nitrogens with two attached hydrogens (primary N) is 2. The predicted molar refractivity (Wildman–Crippen MR) is 120 cm³/mol. The van der Waals surface area contributed by atoms with Crippen LogP contribution in [0.2, 0.25) is 10.3 Å². The molecule has 0 amide bonds. The fourth-order valence-corrected chi connectivity index (χ4v) is 2.83. The fraction of sp³-hybridized carbons (Fsp3) is 0.556. The summed E-state index contributed by atoms with van der Waals surface area (Å²) in [5, 5.41) is 6.91. The van der Waals surface area contributed by atoms with Crippen LogP contribution in [0, 0.1) is 0 Å². The van der Waals surface area contributed by atoms with E-state index in [1.54, 1.807) is 12.1 Å². The molecule has 0 saturated heterocycles. The lowest BCUT2D eigenvalue weighted by atomic mass is 10.3. The van der Waals surface area contributed by atoms with Gasteiger partial charge in [0.25, 0.3) is 0 Å². The topological polar surface area (TPSA) is 146 Å². The zero-order valence-corrected chi connectivity index (χ0v) is 18.3. The minimum atomic E-state index is 0.153. The molecule has 0 radical (unpaired) electrons. The Bertz CT molecular complexity index is 665. The summed E-state index contributed by atoms with van der Waals surface area (Å²) >= 11 is 11.6. The van der Waals surface area contributed by atoms with Crippen molar-refractivity contribution in [2.24, 2.45) is 0 Å². The van der Waals surface area contributed by atoms with Gasteiger partial charge in [0.15, 0.2) is 0 Å². The third-order valence-corrected chi connectivity index (χ3v) is 4.18. The Labute approximate surface area is 186 Å². The average Bonchev–Trinajstić information content (AvgIpc) is 2.66. The van der Waals surface area contributed by atoms with E-state index in [1.807, 2.05) is 0 Å². The summed E-state index contributed by atoms with van der Waals surface area (Å²) in [6, 6.07) is 3.27. The zero-order chi connectivity index (χ0) is 21.6. The summed E-state index contributed by atoms with van der Waals surface area (Å²) < 4.78 is 11.2. The van der Waals surface area contributed by atoms with Crippen LogP contribution in [-0.4, -0.2) is 59.5 Å². The minimum absolute atomic E-state index is 0.153. The molecular formula is C18H28Cl2N8O2. The monoisotopic (exact) mass is 458 g/mol. The van der Waals surface area contributed by atoms with Crippen molar-refractivity contribution in [2.45, 2.75) is 25.7 Å². The molecule has 0 aliphatic rings. The number of nitrogen functional groups attached to an aromatic ring is 2. The molecule has 0 unspecified atom stereocenters. The highest BCUT2D eigenvalue weighted by atomic mass is 35.5. The Morgan fingerprint density at radius 3 is 1.47 bits per heavy atom. The van der Waals surface area contributed by atoms with E-state index in [1.165, 1.54) is 0 Å². The molecule has 0 spiro atoms. The standard InChI is InChI=1S/C18H28Cl2N8O2/c19-13-11-15(27-17(21)25-13)23-5-3-9-29-7-1-2-8-30-10-4-6-24-16-12-14(20)26-18(22)28-16/h11-12H,1-10H2,(H3,21,23,25,27)(H3,22,24,26,28). The van der Waals surface area contributed by atoms with Crippen LogP contribution in [0.25, 0.3) is 0 Å². The van der Waals surface area contributed by atoms with Gasteiger partial charge in [-0.3, -0.25) is 0 Å². The summed E-state index contributed by atoms with van der Waals surface area (Å²) in [4.78, 5) is 15.7. The molecule has 166 valence electrons. The summed E-state index contributed by atoms with van der Waals surface area (Å²) in [6.07, 6.45) is 3.63. The van der Waals surface area contributed by atoms with Crippen molar-refractivity contribution < 1.29 is 9.47 Å². The van der Waals surface area contributed by atoms with Crippen LogP contribution in [0.1, 0.15) is 25.7 Å². The number of ether oxygens (including phenoxy) is 2. The molecular weight excluding hydrogens is 431 g/mol. The Morgan fingerprint density at radius 1 is 0.667 bits per heavy atom. The molecule has 30 heavy (non-hydrogen) atoms. The molecule has 6 N–H and O–H groups in total. The van der Waals surface area contributed by atoms with E-state index in [2.05, 4.69) is 30.6 Å². The van der Waals surface area contributed by atoms with E-state index in [-0.39, 0.29) is 11.9 Å². The first kappa shape index (κ1) is 24.1. The Kier molecular flexibility index (Phi) is 11.2. The van der Waals surface area contributed by atoms with E-state index in [9.17, 15) is 0 Å². The maximum Gasteiger partial charge on any atom is 0.223 e. The van der Waals surface area contributed by atoms with Crippen LogP contribution in [0.15, 0.2) is 12.1 Å². The van der Waals surface area contributed by atoms with Crippen LogP contribution < -0.4 is 22.1 Å². The minimum Gasteiger partial charge on any atom is -0.381 e. The number of unbranched alkanes of at least 4 members (excludes halogenated alkanes) is 1. The second-order valence-corrected chi connectivity index (χ2v) is 7.14. The van der Waals surface area contributed by atoms with Crippen molar-refractivity contribution >= 4 is 46.7 Å². The lowest BCUT2D eigenvalue weighted by Crippen LogP contribution is -2.09. The van der Waals surface area contributed by atoms with Gasteiger partial charge in [-0.25, -0.2) is 9.97 Å². The third kappa shape index (κ3) is 10.6. The van der Waals surface area contributed by atoms with Gasteiger partial charge in [0.1, 0.15) is 21.9 Å². The van der Waals surface area contributed by atoms with Gasteiger partial charge >= 0.3 is 0 Å². The molecule has 0 bridgehead atoms. The van der Waals surface area contributed by atoms with Gasteiger partial charge in [-0.1, -0.05) is 23.2 Å².